The third-order valence-corrected chi connectivity index (χ3v) is 4.84. The van der Waals surface area contributed by atoms with Gasteiger partial charge in [-0.3, -0.25) is 0 Å². The lowest BCUT2D eigenvalue weighted by Crippen LogP contribution is -2.10. The van der Waals surface area contributed by atoms with Crippen LogP contribution in [0.15, 0.2) is 90.9 Å². The Hall–Kier alpha value is -3.24. The van der Waals surface area contributed by atoms with Gasteiger partial charge in [0.05, 0.1) is 6.42 Å². The lowest BCUT2D eigenvalue weighted by atomic mass is 9.97. The highest BCUT2D eigenvalue weighted by atomic mass is 15.1. The fourth-order valence-electron chi connectivity index (χ4n) is 3.11. The smallest absolute Gasteiger partial charge is 0.0500 e. The van der Waals surface area contributed by atoms with Crippen molar-refractivity contribution in [3.05, 3.63) is 113 Å². The Kier molecular flexibility index (Phi) is 6.35. The fraction of sp³-hybridized carbons (Fsp3) is 0.185. The van der Waals surface area contributed by atoms with E-state index in [-0.39, 0.29) is 0 Å². The van der Waals surface area contributed by atoms with E-state index < -0.39 is 0 Å². The van der Waals surface area contributed by atoms with E-state index in [1.54, 1.807) is 0 Å². The van der Waals surface area contributed by atoms with E-state index >= 15 is 0 Å². The van der Waals surface area contributed by atoms with Crippen LogP contribution in [0, 0.1) is 25.7 Å². The molecule has 0 saturated carbocycles. The molecular weight excluding hydrogens is 338 g/mol. The van der Waals surface area contributed by atoms with Gasteiger partial charge in [-0.25, -0.2) is 0 Å². The molecule has 0 radical (unpaired) electrons. The van der Waals surface area contributed by atoms with Crippen molar-refractivity contribution in [3.8, 4) is 11.8 Å². The lowest BCUT2D eigenvalue weighted by molar-refractivity contribution is 0.618. The third-order valence-electron chi connectivity index (χ3n) is 4.84. The molecular formula is C27H27N. The molecule has 3 rings (SSSR count). The van der Waals surface area contributed by atoms with E-state index in [4.69, 9.17) is 0 Å². The lowest BCUT2D eigenvalue weighted by Gasteiger charge is -2.20. The Morgan fingerprint density at radius 2 is 1.61 bits per heavy atom. The quantitative estimate of drug-likeness (QED) is 0.523. The normalized spacial score (nSPS) is 13.6. The zero-order chi connectivity index (χ0) is 19.9. The molecule has 0 N–H and O–H groups in total. The van der Waals surface area contributed by atoms with E-state index in [0.717, 1.165) is 17.7 Å². The molecule has 1 aliphatic carbocycles. The standard InChI is InChI=1S/C27H27N/c1-5-28(27-8-6-7-21(2)13-18-27)20-26(25-16-11-23(4)12-17-25)19-24-14-9-22(3)10-15-24/h5,9-18,20H,1,8,19H2,2-4H3/b26-20+. The van der Waals surface area contributed by atoms with Gasteiger partial charge < -0.3 is 4.90 Å². The summed E-state index contributed by atoms with van der Waals surface area (Å²) < 4.78 is 0. The van der Waals surface area contributed by atoms with Gasteiger partial charge >= 0.3 is 0 Å². The number of benzene rings is 2. The maximum Gasteiger partial charge on any atom is 0.0500 e. The van der Waals surface area contributed by atoms with Gasteiger partial charge in [-0.2, -0.15) is 0 Å². The van der Waals surface area contributed by atoms with Crippen LogP contribution in [-0.4, -0.2) is 4.90 Å². The summed E-state index contributed by atoms with van der Waals surface area (Å²) in [5.74, 6) is 6.40. The van der Waals surface area contributed by atoms with E-state index in [1.165, 1.54) is 27.8 Å². The minimum atomic E-state index is 0.710. The van der Waals surface area contributed by atoms with Gasteiger partial charge in [0.25, 0.3) is 0 Å². The number of hydrogen-bond acceptors (Lipinski definition) is 1. The number of aryl methyl sites for hydroxylation is 2. The SMILES string of the molecule is C=CN(/C=C(\Cc1ccc(C)cc1)c1ccc(C)cc1)C1=CC=C(C)C#CC1. The highest BCUT2D eigenvalue weighted by Gasteiger charge is 2.09. The molecule has 0 unspecified atom stereocenters. The van der Waals surface area contributed by atoms with Gasteiger partial charge in [0.15, 0.2) is 0 Å². The van der Waals surface area contributed by atoms with Crippen molar-refractivity contribution in [2.75, 3.05) is 0 Å². The largest absolute Gasteiger partial charge is 0.327 e. The number of nitrogens with zero attached hydrogens (tertiary/aromatic N) is 1. The Balaban J connectivity index is 1.98. The van der Waals surface area contributed by atoms with E-state index in [1.807, 2.05) is 13.1 Å². The first-order valence-electron chi connectivity index (χ1n) is 9.65. The molecule has 1 nitrogen and oxygen atoms in total. The predicted molar refractivity (Wildman–Crippen MR) is 120 cm³/mol. The molecule has 2 aromatic carbocycles. The van der Waals surface area contributed by atoms with Crippen LogP contribution in [0.5, 0.6) is 0 Å². The van der Waals surface area contributed by atoms with Crippen molar-refractivity contribution in [1.29, 1.82) is 0 Å². The number of allylic oxidation sites excluding steroid dienone is 5. The highest BCUT2D eigenvalue weighted by Crippen LogP contribution is 2.24. The molecule has 0 aromatic heterocycles. The molecule has 0 atom stereocenters. The molecule has 140 valence electrons. The third kappa shape index (κ3) is 5.15. The van der Waals surface area contributed by atoms with Crippen molar-refractivity contribution in [2.24, 2.45) is 0 Å². The highest BCUT2D eigenvalue weighted by molar-refractivity contribution is 5.68. The predicted octanol–water partition coefficient (Wildman–Crippen LogP) is 6.57. The Morgan fingerprint density at radius 3 is 2.25 bits per heavy atom. The number of rotatable bonds is 6. The van der Waals surface area contributed by atoms with Crippen LogP contribution >= 0.6 is 0 Å². The molecule has 28 heavy (non-hydrogen) atoms. The molecule has 1 heteroatoms. The second-order valence-corrected chi connectivity index (χ2v) is 7.26. The first kappa shape index (κ1) is 19.5. The molecule has 0 spiro atoms. The van der Waals surface area contributed by atoms with Gasteiger partial charge in [0.2, 0.25) is 0 Å². The molecule has 0 fully saturated rings. The van der Waals surface area contributed by atoms with E-state index in [9.17, 15) is 0 Å². The number of hydrogen-bond donors (Lipinski definition) is 0. The molecule has 0 amide bonds. The van der Waals surface area contributed by atoms with E-state index in [2.05, 4.69) is 104 Å². The van der Waals surface area contributed by atoms with Crippen LogP contribution in [0.1, 0.15) is 35.6 Å². The van der Waals surface area contributed by atoms with Crippen LogP contribution in [0.4, 0.5) is 0 Å². The summed E-state index contributed by atoms with van der Waals surface area (Å²) >= 11 is 0. The minimum absolute atomic E-state index is 0.710. The summed E-state index contributed by atoms with van der Waals surface area (Å²) in [5, 5.41) is 0. The molecule has 0 saturated heterocycles. The van der Waals surface area contributed by atoms with Crippen molar-refractivity contribution >= 4 is 5.57 Å². The average Bonchev–Trinajstić information content (AvgIpc) is 2.92. The summed E-state index contributed by atoms with van der Waals surface area (Å²) in [5.41, 5.74) is 8.54. The maximum atomic E-state index is 4.04. The fourth-order valence-corrected chi connectivity index (χ4v) is 3.11. The zero-order valence-corrected chi connectivity index (χ0v) is 17.0. The van der Waals surface area contributed by atoms with Crippen LogP contribution < -0.4 is 0 Å². The van der Waals surface area contributed by atoms with Gasteiger partial charge in [-0.05, 0) is 61.6 Å². The van der Waals surface area contributed by atoms with Gasteiger partial charge in [0, 0.05) is 18.1 Å². The van der Waals surface area contributed by atoms with Crippen molar-refractivity contribution in [2.45, 2.75) is 33.6 Å². The summed E-state index contributed by atoms with van der Waals surface area (Å²) in [7, 11) is 0. The maximum absolute atomic E-state index is 4.04. The van der Waals surface area contributed by atoms with Gasteiger partial charge in [0.1, 0.15) is 0 Å². The van der Waals surface area contributed by atoms with Crippen molar-refractivity contribution in [3.63, 3.8) is 0 Å². The Bertz CT molecular complexity index is 987. The van der Waals surface area contributed by atoms with Crippen LogP contribution in [-0.2, 0) is 6.42 Å². The molecule has 0 aliphatic heterocycles. The second-order valence-electron chi connectivity index (χ2n) is 7.26. The summed E-state index contributed by atoms with van der Waals surface area (Å²) in [6.07, 6.45) is 9.83. The van der Waals surface area contributed by atoms with Gasteiger partial charge in [-0.15, -0.1) is 0 Å². The molecule has 0 heterocycles. The van der Waals surface area contributed by atoms with Crippen LogP contribution in [0.25, 0.3) is 5.57 Å². The van der Waals surface area contributed by atoms with Crippen molar-refractivity contribution < 1.29 is 0 Å². The minimum Gasteiger partial charge on any atom is -0.327 e. The Labute approximate surface area is 169 Å². The molecule has 1 aliphatic rings. The van der Waals surface area contributed by atoms with Crippen molar-refractivity contribution in [1.82, 2.24) is 4.90 Å². The topological polar surface area (TPSA) is 3.24 Å². The van der Waals surface area contributed by atoms with E-state index in [0.29, 0.717) is 6.42 Å². The van der Waals surface area contributed by atoms with Gasteiger partial charge in [-0.1, -0.05) is 78.1 Å². The summed E-state index contributed by atoms with van der Waals surface area (Å²) in [4.78, 5) is 2.10. The monoisotopic (exact) mass is 365 g/mol. The first-order valence-corrected chi connectivity index (χ1v) is 9.65. The first-order chi connectivity index (χ1) is 13.5. The molecule has 2 aromatic rings. The van der Waals surface area contributed by atoms with Crippen LogP contribution in [0.2, 0.25) is 0 Å². The molecule has 0 bridgehead atoms. The second kappa shape index (κ2) is 9.11. The van der Waals surface area contributed by atoms with Crippen LogP contribution in [0.3, 0.4) is 0 Å². The summed E-state index contributed by atoms with van der Waals surface area (Å²) in [6.45, 7) is 10.3. The average molecular weight is 366 g/mol. The Morgan fingerprint density at radius 1 is 0.964 bits per heavy atom. The zero-order valence-electron chi connectivity index (χ0n) is 17.0. The summed E-state index contributed by atoms with van der Waals surface area (Å²) in [6, 6.07) is 17.5.